The maximum Gasteiger partial charge on any atom is 0.146 e. The minimum atomic E-state index is -0.121. The number of anilines is 1. The number of nitrogens with two attached hydrogens (primary N) is 1. The van der Waals surface area contributed by atoms with Gasteiger partial charge in [0.05, 0.1) is 5.69 Å². The standard InChI is InChI=1S/C17H25FN2/c1-12(19)15-7-4-8-16(18)17(15)20-10-9-13-5-2-3-6-14(13)11-20/h4,7-8,12-14H,2-3,5-6,9-11,19H2,1H3/t12-,13?,14?/m0/s1. The number of halogens is 1. The first-order valence-electron chi connectivity index (χ1n) is 7.95. The Hall–Kier alpha value is -1.09. The molecule has 1 aliphatic heterocycles. The van der Waals surface area contributed by atoms with Gasteiger partial charge in [-0.25, -0.2) is 4.39 Å². The van der Waals surface area contributed by atoms with E-state index in [4.69, 9.17) is 5.73 Å². The molecule has 2 aliphatic rings. The normalized spacial score (nSPS) is 28.1. The number of rotatable bonds is 2. The van der Waals surface area contributed by atoms with E-state index < -0.39 is 0 Å². The molecule has 3 rings (SSSR count). The Morgan fingerprint density at radius 3 is 2.70 bits per heavy atom. The van der Waals surface area contributed by atoms with Crippen LogP contribution in [0.5, 0.6) is 0 Å². The molecular formula is C17H25FN2. The van der Waals surface area contributed by atoms with Crippen LogP contribution in [0, 0.1) is 17.7 Å². The summed E-state index contributed by atoms with van der Waals surface area (Å²) in [6.07, 6.45) is 6.61. The number of para-hydroxylation sites is 1. The van der Waals surface area contributed by atoms with Crippen molar-refractivity contribution >= 4 is 5.69 Å². The SMILES string of the molecule is C[C@H](N)c1cccc(F)c1N1CCC2CCCCC2C1. The van der Waals surface area contributed by atoms with Gasteiger partial charge in [0.2, 0.25) is 0 Å². The average Bonchev–Trinajstić information content (AvgIpc) is 2.46. The lowest BCUT2D eigenvalue weighted by Gasteiger charge is -2.43. The fraction of sp³-hybridized carbons (Fsp3) is 0.647. The quantitative estimate of drug-likeness (QED) is 0.888. The number of fused-ring (bicyclic) bond motifs is 1. The van der Waals surface area contributed by atoms with Crippen LogP contribution in [0.2, 0.25) is 0 Å². The maximum atomic E-state index is 14.3. The topological polar surface area (TPSA) is 29.3 Å². The van der Waals surface area contributed by atoms with E-state index in [1.807, 2.05) is 13.0 Å². The molecule has 20 heavy (non-hydrogen) atoms. The van der Waals surface area contributed by atoms with Crippen LogP contribution >= 0.6 is 0 Å². The van der Waals surface area contributed by atoms with Crippen LogP contribution in [0.3, 0.4) is 0 Å². The van der Waals surface area contributed by atoms with E-state index in [-0.39, 0.29) is 11.9 Å². The van der Waals surface area contributed by atoms with Gasteiger partial charge in [-0.3, -0.25) is 0 Å². The van der Waals surface area contributed by atoms with Gasteiger partial charge in [0.15, 0.2) is 0 Å². The van der Waals surface area contributed by atoms with Gasteiger partial charge in [-0.15, -0.1) is 0 Å². The van der Waals surface area contributed by atoms with Crippen molar-refractivity contribution in [1.29, 1.82) is 0 Å². The first-order chi connectivity index (χ1) is 9.66. The van der Waals surface area contributed by atoms with Crippen molar-refractivity contribution in [1.82, 2.24) is 0 Å². The van der Waals surface area contributed by atoms with Gasteiger partial charge in [0.1, 0.15) is 5.82 Å². The molecule has 1 aliphatic carbocycles. The largest absolute Gasteiger partial charge is 0.369 e. The molecule has 2 N–H and O–H groups in total. The summed E-state index contributed by atoms with van der Waals surface area (Å²) in [5.74, 6) is 1.50. The summed E-state index contributed by atoms with van der Waals surface area (Å²) < 4.78 is 14.3. The van der Waals surface area contributed by atoms with Crippen molar-refractivity contribution in [3.63, 3.8) is 0 Å². The highest BCUT2D eigenvalue weighted by molar-refractivity contribution is 5.56. The van der Waals surface area contributed by atoms with Crippen LogP contribution in [-0.4, -0.2) is 13.1 Å². The fourth-order valence-electron chi connectivity index (χ4n) is 4.04. The van der Waals surface area contributed by atoms with Crippen LogP contribution in [0.4, 0.5) is 10.1 Å². The summed E-state index contributed by atoms with van der Waals surface area (Å²) in [6.45, 7) is 3.92. The van der Waals surface area contributed by atoms with E-state index in [2.05, 4.69) is 4.90 Å². The lowest BCUT2D eigenvalue weighted by Crippen LogP contribution is -2.42. The first kappa shape index (κ1) is 13.9. The molecule has 1 heterocycles. The molecule has 2 nitrogen and oxygen atoms in total. The van der Waals surface area contributed by atoms with Gasteiger partial charge in [-0.05, 0) is 43.2 Å². The molecule has 0 spiro atoms. The Bertz CT molecular complexity index is 472. The van der Waals surface area contributed by atoms with E-state index in [1.165, 1.54) is 32.1 Å². The molecule has 0 aromatic heterocycles. The third kappa shape index (κ3) is 2.56. The van der Waals surface area contributed by atoms with Gasteiger partial charge < -0.3 is 10.6 Å². The predicted octanol–water partition coefficient (Wildman–Crippen LogP) is 3.86. The van der Waals surface area contributed by atoms with Crippen molar-refractivity contribution in [2.24, 2.45) is 17.6 Å². The molecule has 1 saturated heterocycles. The van der Waals surface area contributed by atoms with Crippen molar-refractivity contribution in [3.8, 4) is 0 Å². The van der Waals surface area contributed by atoms with E-state index in [0.717, 1.165) is 36.2 Å². The van der Waals surface area contributed by atoms with Crippen molar-refractivity contribution < 1.29 is 4.39 Å². The molecule has 0 bridgehead atoms. The molecule has 2 unspecified atom stereocenters. The van der Waals surface area contributed by atoms with E-state index in [0.29, 0.717) is 0 Å². The number of hydrogen-bond acceptors (Lipinski definition) is 2. The summed E-state index contributed by atoms with van der Waals surface area (Å²) >= 11 is 0. The maximum absolute atomic E-state index is 14.3. The van der Waals surface area contributed by atoms with E-state index in [9.17, 15) is 4.39 Å². The zero-order valence-electron chi connectivity index (χ0n) is 12.3. The Labute approximate surface area is 121 Å². The minimum absolute atomic E-state index is 0.117. The van der Waals surface area contributed by atoms with Gasteiger partial charge in [0, 0.05) is 19.1 Å². The Kier molecular flexibility index (Phi) is 3.97. The third-order valence-electron chi connectivity index (χ3n) is 5.12. The van der Waals surface area contributed by atoms with Crippen LogP contribution in [-0.2, 0) is 0 Å². The van der Waals surface area contributed by atoms with Crippen molar-refractivity contribution in [2.45, 2.75) is 45.1 Å². The summed E-state index contributed by atoms with van der Waals surface area (Å²) in [7, 11) is 0. The van der Waals surface area contributed by atoms with Crippen LogP contribution in [0.25, 0.3) is 0 Å². The summed E-state index contributed by atoms with van der Waals surface area (Å²) in [5, 5.41) is 0. The summed E-state index contributed by atoms with van der Waals surface area (Å²) in [5.41, 5.74) is 7.73. The number of hydrogen-bond donors (Lipinski definition) is 1. The van der Waals surface area contributed by atoms with Crippen LogP contribution in [0.15, 0.2) is 18.2 Å². The summed E-state index contributed by atoms with van der Waals surface area (Å²) in [6, 6.07) is 5.18. The van der Waals surface area contributed by atoms with Gasteiger partial charge in [-0.1, -0.05) is 31.4 Å². The molecule has 1 aromatic carbocycles. The zero-order valence-corrected chi connectivity index (χ0v) is 12.3. The highest BCUT2D eigenvalue weighted by Crippen LogP contribution is 2.39. The van der Waals surface area contributed by atoms with E-state index in [1.54, 1.807) is 12.1 Å². The Morgan fingerprint density at radius 2 is 1.95 bits per heavy atom. The Morgan fingerprint density at radius 1 is 1.20 bits per heavy atom. The number of benzene rings is 1. The molecule has 3 heteroatoms. The summed E-state index contributed by atoms with van der Waals surface area (Å²) in [4.78, 5) is 2.25. The number of piperidine rings is 1. The molecule has 0 amide bonds. The molecule has 3 atom stereocenters. The smallest absolute Gasteiger partial charge is 0.146 e. The molecular weight excluding hydrogens is 251 g/mol. The van der Waals surface area contributed by atoms with Gasteiger partial charge in [-0.2, -0.15) is 0 Å². The minimum Gasteiger partial charge on any atom is -0.369 e. The Balaban J connectivity index is 1.86. The molecule has 2 fully saturated rings. The molecule has 1 aromatic rings. The first-order valence-corrected chi connectivity index (χ1v) is 7.95. The van der Waals surface area contributed by atoms with Gasteiger partial charge >= 0.3 is 0 Å². The van der Waals surface area contributed by atoms with E-state index >= 15 is 0 Å². The molecule has 110 valence electrons. The van der Waals surface area contributed by atoms with Crippen molar-refractivity contribution in [3.05, 3.63) is 29.6 Å². The third-order valence-corrected chi connectivity index (χ3v) is 5.12. The van der Waals surface area contributed by atoms with Gasteiger partial charge in [0.25, 0.3) is 0 Å². The molecule has 0 radical (unpaired) electrons. The fourth-order valence-corrected chi connectivity index (χ4v) is 4.04. The second-order valence-electron chi connectivity index (χ2n) is 6.51. The lowest BCUT2D eigenvalue weighted by molar-refractivity contribution is 0.202. The average molecular weight is 276 g/mol. The predicted molar refractivity (Wildman–Crippen MR) is 81.3 cm³/mol. The van der Waals surface area contributed by atoms with Crippen molar-refractivity contribution in [2.75, 3.05) is 18.0 Å². The van der Waals surface area contributed by atoms with Crippen LogP contribution < -0.4 is 10.6 Å². The second-order valence-corrected chi connectivity index (χ2v) is 6.51. The highest BCUT2D eigenvalue weighted by Gasteiger charge is 2.32. The zero-order chi connectivity index (χ0) is 14.1. The van der Waals surface area contributed by atoms with Crippen LogP contribution in [0.1, 0.15) is 50.6 Å². The number of nitrogens with zero attached hydrogens (tertiary/aromatic N) is 1. The molecule has 1 saturated carbocycles. The lowest BCUT2D eigenvalue weighted by atomic mass is 9.75. The monoisotopic (exact) mass is 276 g/mol. The second kappa shape index (κ2) is 5.72. The highest BCUT2D eigenvalue weighted by atomic mass is 19.1.